The number of sulfone groups is 2. The maximum absolute atomic E-state index is 11.1. The highest BCUT2D eigenvalue weighted by Crippen LogP contribution is 2.26. The molecule has 6 fully saturated rings. The molecule has 0 aromatic carbocycles. The van der Waals surface area contributed by atoms with E-state index in [2.05, 4.69) is 53.4 Å². The van der Waals surface area contributed by atoms with Crippen LogP contribution in [0.5, 0.6) is 0 Å². The van der Waals surface area contributed by atoms with Crippen LogP contribution in [0.25, 0.3) is 0 Å². The number of ether oxygens (including phenoxy) is 9. The van der Waals surface area contributed by atoms with E-state index in [-0.39, 0.29) is 23.7 Å². The number of hydrogen-bond acceptors (Lipinski definition) is 16. The SMILES string of the molecule is CC(C)OC1CCOC1.CC(C)OC1CCOCC1.CC(C)OC1COC1.CC(C)OCC1(C)COC1.CC(C)OCCN1CCS(=O)(=O)CC1.CC(C)ON1CCS(=O)(=O)CC1. The summed E-state index contributed by atoms with van der Waals surface area (Å²) < 4.78 is 91.9. The average molecular weight is 949 g/mol. The highest BCUT2D eigenvalue weighted by Gasteiger charge is 2.33. The summed E-state index contributed by atoms with van der Waals surface area (Å²) in [5, 5.41) is 1.73. The molecule has 1 atom stereocenters. The second kappa shape index (κ2) is 33.0. The van der Waals surface area contributed by atoms with Crippen LogP contribution in [0.15, 0.2) is 0 Å². The Morgan fingerprint density at radius 2 is 0.968 bits per heavy atom. The summed E-state index contributed by atoms with van der Waals surface area (Å²) in [5.74, 6) is 1.04. The second-order valence-electron chi connectivity index (χ2n) is 18.8. The molecule has 378 valence electrons. The summed E-state index contributed by atoms with van der Waals surface area (Å²) in [7, 11) is -5.51. The van der Waals surface area contributed by atoms with Crippen molar-refractivity contribution in [2.24, 2.45) is 5.41 Å². The number of hydrogen-bond donors (Lipinski definition) is 0. The quantitative estimate of drug-likeness (QED) is 0.209. The number of rotatable bonds is 15. The van der Waals surface area contributed by atoms with Crippen LogP contribution in [0, 0.1) is 5.41 Å². The maximum atomic E-state index is 11.1. The lowest BCUT2D eigenvalue weighted by Gasteiger charge is -2.38. The van der Waals surface area contributed by atoms with E-state index < -0.39 is 19.7 Å². The first-order valence-electron chi connectivity index (χ1n) is 23.5. The van der Waals surface area contributed by atoms with Crippen molar-refractivity contribution in [2.45, 2.75) is 164 Å². The van der Waals surface area contributed by atoms with Crippen LogP contribution in [0.2, 0.25) is 0 Å². The first-order chi connectivity index (χ1) is 29.5. The molecule has 6 aliphatic heterocycles. The van der Waals surface area contributed by atoms with E-state index in [4.69, 9.17) is 47.5 Å². The summed E-state index contributed by atoms with van der Waals surface area (Å²) in [5.41, 5.74) is 0.310. The van der Waals surface area contributed by atoms with Gasteiger partial charge in [0.05, 0.1) is 118 Å². The molecule has 0 aromatic heterocycles. The van der Waals surface area contributed by atoms with Gasteiger partial charge in [0, 0.05) is 58.0 Å². The Kier molecular flexibility index (Phi) is 31.7. The Bertz CT molecular complexity index is 1300. The smallest absolute Gasteiger partial charge is 0.153 e. The minimum Gasteiger partial charge on any atom is -0.381 e. The molecule has 1 unspecified atom stereocenters. The molecule has 0 radical (unpaired) electrons. The van der Waals surface area contributed by atoms with Gasteiger partial charge in [-0.1, -0.05) is 6.92 Å². The maximum Gasteiger partial charge on any atom is 0.153 e. The average Bonchev–Trinajstić information content (AvgIpc) is 3.67. The fourth-order valence-corrected chi connectivity index (χ4v) is 8.72. The van der Waals surface area contributed by atoms with Crippen molar-refractivity contribution in [3.63, 3.8) is 0 Å². The number of hydroxylamine groups is 2. The highest BCUT2D eigenvalue weighted by molar-refractivity contribution is 7.91. The summed E-state index contributed by atoms with van der Waals surface area (Å²) >= 11 is 0. The van der Waals surface area contributed by atoms with Gasteiger partial charge in [-0.15, -0.1) is 0 Å². The van der Waals surface area contributed by atoms with E-state index in [0.29, 0.717) is 92.4 Å². The normalized spacial score (nSPS) is 23.5. The Morgan fingerprint density at radius 1 is 0.524 bits per heavy atom. The van der Waals surface area contributed by atoms with Crippen molar-refractivity contribution in [3.8, 4) is 0 Å². The minimum absolute atomic E-state index is 0.130. The molecule has 6 rings (SSSR count). The molecule has 0 amide bonds. The van der Waals surface area contributed by atoms with Crippen molar-refractivity contribution < 1.29 is 64.3 Å². The van der Waals surface area contributed by atoms with Crippen LogP contribution >= 0.6 is 0 Å². The van der Waals surface area contributed by atoms with E-state index in [1.54, 1.807) is 5.06 Å². The largest absolute Gasteiger partial charge is 0.381 e. The van der Waals surface area contributed by atoms with E-state index in [1.807, 2.05) is 41.5 Å². The monoisotopic (exact) mass is 949 g/mol. The van der Waals surface area contributed by atoms with Crippen molar-refractivity contribution in [1.82, 2.24) is 9.96 Å². The zero-order valence-corrected chi connectivity index (χ0v) is 43.3. The van der Waals surface area contributed by atoms with E-state index in [0.717, 1.165) is 85.3 Å². The van der Waals surface area contributed by atoms with Gasteiger partial charge in [0.15, 0.2) is 19.7 Å². The van der Waals surface area contributed by atoms with Crippen LogP contribution in [0.3, 0.4) is 0 Å². The third-order valence-corrected chi connectivity index (χ3v) is 12.9. The molecule has 0 spiro atoms. The molecule has 0 N–H and O–H groups in total. The Hall–Kier alpha value is -0.580. The Labute approximate surface area is 384 Å². The van der Waals surface area contributed by atoms with Gasteiger partial charge in [-0.25, -0.2) is 16.8 Å². The van der Waals surface area contributed by atoms with Crippen LogP contribution in [-0.2, 0) is 67.1 Å². The molecular weight excluding hydrogens is 857 g/mol. The zero-order chi connectivity index (χ0) is 47.5. The van der Waals surface area contributed by atoms with E-state index >= 15 is 0 Å². The van der Waals surface area contributed by atoms with Crippen LogP contribution in [0.4, 0.5) is 0 Å². The van der Waals surface area contributed by atoms with Crippen molar-refractivity contribution >= 4 is 19.7 Å². The van der Waals surface area contributed by atoms with Gasteiger partial charge in [0.1, 0.15) is 6.10 Å². The van der Waals surface area contributed by atoms with Crippen LogP contribution in [0.1, 0.15) is 109 Å². The van der Waals surface area contributed by atoms with Gasteiger partial charge in [0.2, 0.25) is 0 Å². The van der Waals surface area contributed by atoms with Crippen molar-refractivity contribution in [2.75, 3.05) is 122 Å². The van der Waals surface area contributed by atoms with E-state index in [1.165, 1.54) is 0 Å². The molecule has 16 nitrogen and oxygen atoms in total. The van der Waals surface area contributed by atoms with Gasteiger partial charge < -0.3 is 42.6 Å². The molecule has 0 saturated carbocycles. The van der Waals surface area contributed by atoms with Gasteiger partial charge >= 0.3 is 0 Å². The molecule has 0 bridgehead atoms. The fourth-order valence-electron chi connectivity index (χ4n) is 6.27. The second-order valence-corrected chi connectivity index (χ2v) is 23.4. The molecule has 0 aromatic rings. The summed E-state index contributed by atoms with van der Waals surface area (Å²) in [4.78, 5) is 7.50. The Balaban J connectivity index is 0.000000381. The minimum atomic E-state index is -2.77. The molecule has 6 saturated heterocycles. The third-order valence-electron chi connectivity index (χ3n) is 9.68. The summed E-state index contributed by atoms with van der Waals surface area (Å²) in [6, 6.07) is 0. The number of nitrogens with zero attached hydrogens (tertiary/aromatic N) is 2. The van der Waals surface area contributed by atoms with E-state index in [9.17, 15) is 16.8 Å². The first-order valence-corrected chi connectivity index (χ1v) is 27.2. The van der Waals surface area contributed by atoms with Gasteiger partial charge in [-0.3, -0.25) is 9.74 Å². The lowest BCUT2D eigenvalue weighted by molar-refractivity contribution is -0.182. The first kappa shape index (κ1) is 60.4. The van der Waals surface area contributed by atoms with Gasteiger partial charge in [-0.05, 0) is 102 Å². The molecular formula is C45H92N2O14S2. The molecule has 63 heavy (non-hydrogen) atoms. The molecule has 0 aliphatic carbocycles. The molecule has 6 aliphatic rings. The molecule has 18 heteroatoms. The Morgan fingerprint density at radius 3 is 1.35 bits per heavy atom. The highest BCUT2D eigenvalue weighted by atomic mass is 32.2. The summed E-state index contributed by atoms with van der Waals surface area (Å²) in [6.45, 7) is 37.9. The lowest BCUT2D eigenvalue weighted by Crippen LogP contribution is -2.44. The predicted molar refractivity (Wildman–Crippen MR) is 249 cm³/mol. The van der Waals surface area contributed by atoms with Gasteiger partial charge in [-0.2, -0.15) is 5.06 Å². The topological polar surface area (TPSA) is 167 Å². The molecule has 6 heterocycles. The summed E-state index contributed by atoms with van der Waals surface area (Å²) in [6.07, 6.45) is 6.19. The zero-order valence-electron chi connectivity index (χ0n) is 41.7. The fraction of sp³-hybridized carbons (Fsp3) is 1.00. The predicted octanol–water partition coefficient (Wildman–Crippen LogP) is 5.25. The van der Waals surface area contributed by atoms with Crippen molar-refractivity contribution in [1.29, 1.82) is 0 Å². The van der Waals surface area contributed by atoms with Gasteiger partial charge in [0.25, 0.3) is 0 Å². The van der Waals surface area contributed by atoms with Crippen LogP contribution in [-0.4, -0.2) is 204 Å². The lowest BCUT2D eigenvalue weighted by atomic mass is 9.90. The van der Waals surface area contributed by atoms with Crippen LogP contribution < -0.4 is 0 Å². The third kappa shape index (κ3) is 33.5. The van der Waals surface area contributed by atoms with Crippen molar-refractivity contribution in [3.05, 3.63) is 0 Å². The standard InChI is InChI=1S/C9H19NO3S.2C8H16O2.C7H15NO3S.C7H14O2.C6H12O2/c1-9(2)13-6-3-10-4-7-14(11,12)8-5-10;1-7(2)10-6-8(3)4-9-5-8;1-7(2)10-8-3-5-9-6-4-8;1-7(2)11-8-3-5-12(9,10)6-4-8;1-6(2)9-7-3-4-8-5-7;1-5(2)8-6-3-7-4-6/h9H,3-8H2,1-2H3;7H,4-6H2,1-3H3;7-8H,3-6H2,1-2H3;7H,3-6H2,1-2H3;6-7H,3-5H2,1-2H3;5-6H,3-4H2,1-2H3.